The molecule has 6 heteroatoms. The van der Waals surface area contributed by atoms with Gasteiger partial charge in [-0.05, 0) is 25.1 Å². The summed E-state index contributed by atoms with van der Waals surface area (Å²) in [5, 5.41) is 12.2. The molecule has 0 radical (unpaired) electrons. The molecule has 0 aliphatic heterocycles. The molecule has 0 unspecified atom stereocenters. The number of nitrogens with one attached hydrogen (secondary N) is 1. The number of carboxylic acid groups (broad SMARTS) is 1. The van der Waals surface area contributed by atoms with Crippen molar-refractivity contribution in [3.8, 4) is 0 Å². The van der Waals surface area contributed by atoms with Gasteiger partial charge in [-0.1, -0.05) is 11.6 Å². The number of hydrogen-bond acceptors (Lipinski definition) is 3. The van der Waals surface area contributed by atoms with Crippen LogP contribution in [0.25, 0.3) is 0 Å². The molecule has 0 spiro atoms. The van der Waals surface area contributed by atoms with Crippen LogP contribution in [0.15, 0.2) is 18.2 Å². The van der Waals surface area contributed by atoms with Gasteiger partial charge in [0.15, 0.2) is 0 Å². The Morgan fingerprint density at radius 2 is 2.11 bits per heavy atom. The van der Waals surface area contributed by atoms with Crippen molar-refractivity contribution >= 4 is 29.2 Å². The zero-order chi connectivity index (χ0) is 14.4. The lowest BCUT2D eigenvalue weighted by Gasteiger charge is -2.18. The molecule has 0 heterocycles. The van der Waals surface area contributed by atoms with Crippen molar-refractivity contribution < 1.29 is 14.7 Å². The predicted molar refractivity (Wildman–Crippen MR) is 74.8 cm³/mol. The molecule has 0 atom stereocenters. The van der Waals surface area contributed by atoms with Crippen LogP contribution in [0.4, 0.5) is 5.69 Å². The number of carbonyl (C=O) groups excluding carboxylic acids is 1. The number of benzene rings is 1. The van der Waals surface area contributed by atoms with Gasteiger partial charge in [0.05, 0.1) is 12.0 Å². The number of anilines is 1. The van der Waals surface area contributed by atoms with Gasteiger partial charge in [-0.25, -0.2) is 0 Å². The van der Waals surface area contributed by atoms with Gasteiger partial charge in [0, 0.05) is 30.8 Å². The van der Waals surface area contributed by atoms with Crippen molar-refractivity contribution in [1.82, 2.24) is 4.90 Å². The average Bonchev–Trinajstić information content (AvgIpc) is 2.37. The van der Waals surface area contributed by atoms with E-state index in [1.807, 2.05) is 6.92 Å². The number of rotatable bonds is 6. The Balaban J connectivity index is 2.90. The molecule has 1 aromatic carbocycles. The second-order valence-corrected chi connectivity index (χ2v) is 4.53. The van der Waals surface area contributed by atoms with Crippen molar-refractivity contribution in [2.24, 2.45) is 0 Å². The summed E-state index contributed by atoms with van der Waals surface area (Å²) in [5.74, 6) is -1.18. The highest BCUT2D eigenvalue weighted by molar-refractivity contribution is 6.31. The summed E-state index contributed by atoms with van der Waals surface area (Å²) in [5.41, 5.74) is 1.14. The smallest absolute Gasteiger partial charge is 0.305 e. The van der Waals surface area contributed by atoms with E-state index in [0.717, 1.165) is 0 Å². The molecule has 0 fully saturated rings. The van der Waals surface area contributed by atoms with Gasteiger partial charge >= 0.3 is 5.97 Å². The Hall–Kier alpha value is -1.75. The molecule has 5 nitrogen and oxygen atoms in total. The third-order valence-electron chi connectivity index (χ3n) is 2.59. The molecule has 1 amide bonds. The van der Waals surface area contributed by atoms with Crippen LogP contribution < -0.4 is 5.32 Å². The molecule has 2 N–H and O–H groups in total. The summed E-state index contributed by atoms with van der Waals surface area (Å²) in [4.78, 5) is 24.1. The third-order valence-corrected chi connectivity index (χ3v) is 2.82. The summed E-state index contributed by atoms with van der Waals surface area (Å²) in [7, 11) is 1.57. The van der Waals surface area contributed by atoms with E-state index in [1.54, 1.807) is 25.2 Å². The third kappa shape index (κ3) is 4.44. The molecule has 0 bridgehead atoms. The minimum absolute atomic E-state index is 0.0840. The Morgan fingerprint density at radius 1 is 1.42 bits per heavy atom. The normalized spacial score (nSPS) is 10.1. The van der Waals surface area contributed by atoms with Crippen LogP contribution in [0.1, 0.15) is 23.7 Å². The highest BCUT2D eigenvalue weighted by atomic mass is 35.5. The minimum Gasteiger partial charge on any atom is -0.481 e. The second kappa shape index (κ2) is 6.99. The standard InChI is InChI=1S/C13H17ClN2O3/c1-3-15-11-5-4-9(14)8-10(11)13(19)16(2)7-6-12(17)18/h4-5,8,15H,3,6-7H2,1-2H3,(H,17,18). The molecular weight excluding hydrogens is 268 g/mol. The van der Waals surface area contributed by atoms with Gasteiger partial charge in [-0.15, -0.1) is 0 Å². The molecule has 0 saturated heterocycles. The molecule has 0 aromatic heterocycles. The average molecular weight is 285 g/mol. The van der Waals surface area contributed by atoms with E-state index in [4.69, 9.17) is 16.7 Å². The van der Waals surface area contributed by atoms with Crippen LogP contribution in [0.5, 0.6) is 0 Å². The molecular formula is C13H17ClN2O3. The van der Waals surface area contributed by atoms with Gasteiger partial charge in [-0.3, -0.25) is 9.59 Å². The highest BCUT2D eigenvalue weighted by Gasteiger charge is 2.16. The van der Waals surface area contributed by atoms with Gasteiger partial charge < -0.3 is 15.3 Å². The Kier molecular flexibility index (Phi) is 5.63. The predicted octanol–water partition coefficient (Wildman–Crippen LogP) is 2.32. The maximum absolute atomic E-state index is 12.2. The second-order valence-electron chi connectivity index (χ2n) is 4.09. The van der Waals surface area contributed by atoms with Crippen molar-refractivity contribution in [2.75, 3.05) is 25.5 Å². The molecule has 1 aromatic rings. The summed E-state index contributed by atoms with van der Waals surface area (Å²) in [6.45, 7) is 2.77. The van der Waals surface area contributed by atoms with Crippen LogP contribution >= 0.6 is 11.6 Å². The lowest BCUT2D eigenvalue weighted by Crippen LogP contribution is -2.29. The van der Waals surface area contributed by atoms with E-state index in [2.05, 4.69) is 5.32 Å². The van der Waals surface area contributed by atoms with Crippen LogP contribution in [0, 0.1) is 0 Å². The van der Waals surface area contributed by atoms with Crippen molar-refractivity contribution in [1.29, 1.82) is 0 Å². The Labute approximate surface area is 117 Å². The molecule has 104 valence electrons. The first-order valence-corrected chi connectivity index (χ1v) is 6.34. The fourth-order valence-electron chi connectivity index (χ4n) is 1.61. The number of halogens is 1. The summed E-state index contributed by atoms with van der Waals surface area (Å²) >= 11 is 5.90. The van der Waals surface area contributed by atoms with Gasteiger partial charge in [0.1, 0.15) is 0 Å². The molecule has 0 saturated carbocycles. The number of aliphatic carboxylic acids is 1. The molecule has 0 aliphatic carbocycles. The number of carbonyl (C=O) groups is 2. The zero-order valence-electron chi connectivity index (χ0n) is 10.9. The number of hydrogen-bond donors (Lipinski definition) is 2. The monoisotopic (exact) mass is 284 g/mol. The van der Waals surface area contributed by atoms with Crippen LogP contribution in [0.2, 0.25) is 5.02 Å². The fraction of sp³-hybridized carbons (Fsp3) is 0.385. The molecule has 1 rings (SSSR count). The minimum atomic E-state index is -0.933. The van der Waals surface area contributed by atoms with E-state index >= 15 is 0 Å². The lowest BCUT2D eigenvalue weighted by atomic mass is 10.1. The molecule has 0 aliphatic rings. The molecule has 19 heavy (non-hydrogen) atoms. The fourth-order valence-corrected chi connectivity index (χ4v) is 1.78. The Morgan fingerprint density at radius 3 is 2.68 bits per heavy atom. The topological polar surface area (TPSA) is 69.6 Å². The van der Waals surface area contributed by atoms with Crippen LogP contribution in [-0.4, -0.2) is 42.0 Å². The van der Waals surface area contributed by atoms with Crippen molar-refractivity contribution in [3.63, 3.8) is 0 Å². The highest BCUT2D eigenvalue weighted by Crippen LogP contribution is 2.22. The summed E-state index contributed by atoms with van der Waals surface area (Å²) < 4.78 is 0. The largest absolute Gasteiger partial charge is 0.481 e. The summed E-state index contributed by atoms with van der Waals surface area (Å²) in [6, 6.07) is 5.02. The first-order chi connectivity index (χ1) is 8.95. The van der Waals surface area contributed by atoms with Gasteiger partial charge in [0.2, 0.25) is 0 Å². The van der Waals surface area contributed by atoms with Crippen molar-refractivity contribution in [3.05, 3.63) is 28.8 Å². The van der Waals surface area contributed by atoms with Gasteiger partial charge in [-0.2, -0.15) is 0 Å². The SMILES string of the molecule is CCNc1ccc(Cl)cc1C(=O)N(C)CCC(=O)O. The van der Waals surface area contributed by atoms with E-state index in [9.17, 15) is 9.59 Å². The van der Waals surface area contributed by atoms with Crippen LogP contribution in [-0.2, 0) is 4.79 Å². The zero-order valence-corrected chi connectivity index (χ0v) is 11.7. The Bertz CT molecular complexity index is 477. The lowest BCUT2D eigenvalue weighted by molar-refractivity contribution is -0.137. The van der Waals surface area contributed by atoms with Crippen LogP contribution in [0.3, 0.4) is 0 Å². The maximum Gasteiger partial charge on any atom is 0.305 e. The quantitative estimate of drug-likeness (QED) is 0.841. The summed E-state index contributed by atoms with van der Waals surface area (Å²) in [6.07, 6.45) is -0.0840. The first kappa shape index (κ1) is 15.3. The van der Waals surface area contributed by atoms with E-state index < -0.39 is 5.97 Å². The van der Waals surface area contributed by atoms with E-state index in [1.165, 1.54) is 4.90 Å². The first-order valence-electron chi connectivity index (χ1n) is 5.96. The number of carboxylic acids is 1. The number of nitrogens with zero attached hydrogens (tertiary/aromatic N) is 1. The van der Waals surface area contributed by atoms with Crippen molar-refractivity contribution in [2.45, 2.75) is 13.3 Å². The van der Waals surface area contributed by atoms with Gasteiger partial charge in [0.25, 0.3) is 5.91 Å². The maximum atomic E-state index is 12.2. The van der Waals surface area contributed by atoms with E-state index in [-0.39, 0.29) is 18.9 Å². The number of amides is 1. The van der Waals surface area contributed by atoms with E-state index in [0.29, 0.717) is 22.8 Å².